The van der Waals surface area contributed by atoms with Crippen molar-refractivity contribution in [2.45, 2.75) is 38.3 Å². The molecular weight excluding hydrogens is 418 g/mol. The minimum atomic E-state index is -3.75. The summed E-state index contributed by atoms with van der Waals surface area (Å²) < 4.78 is 34.4. The van der Waals surface area contributed by atoms with Gasteiger partial charge < -0.3 is 4.52 Å². The second kappa shape index (κ2) is 8.05. The fourth-order valence-electron chi connectivity index (χ4n) is 3.18. The Hall–Kier alpha value is -3.37. The highest BCUT2D eigenvalue weighted by atomic mass is 32.2. The molecule has 0 saturated carbocycles. The van der Waals surface area contributed by atoms with Crippen LogP contribution in [-0.2, 0) is 16.6 Å². The molecule has 31 heavy (non-hydrogen) atoms. The molecule has 160 valence electrons. The molecule has 2 aromatic carbocycles. The number of para-hydroxylation sites is 1. The lowest BCUT2D eigenvalue weighted by molar-refractivity contribution is 0.348. The molecule has 0 spiro atoms. The summed E-state index contributed by atoms with van der Waals surface area (Å²) in [6.07, 6.45) is 0. The summed E-state index contributed by atoms with van der Waals surface area (Å²) in [6, 6.07) is 12.9. The van der Waals surface area contributed by atoms with Crippen molar-refractivity contribution in [1.82, 2.24) is 24.4 Å². The van der Waals surface area contributed by atoms with Gasteiger partial charge in [0.25, 0.3) is 5.56 Å². The third-order valence-electron chi connectivity index (χ3n) is 4.87. The molecule has 4 rings (SSSR count). The smallest absolute Gasteiger partial charge is 0.261 e. The molecule has 2 heterocycles. The summed E-state index contributed by atoms with van der Waals surface area (Å²) in [6.45, 7) is 5.28. The number of nitrogens with one attached hydrogen (secondary N) is 1. The van der Waals surface area contributed by atoms with Gasteiger partial charge in [0.15, 0.2) is 5.82 Å². The molecule has 0 amide bonds. The Balaban J connectivity index is 1.55. The van der Waals surface area contributed by atoms with Crippen LogP contribution in [0.15, 0.2) is 62.7 Å². The zero-order valence-corrected chi connectivity index (χ0v) is 18.0. The van der Waals surface area contributed by atoms with Crippen LogP contribution in [0, 0.1) is 13.8 Å². The van der Waals surface area contributed by atoms with Gasteiger partial charge in [0.1, 0.15) is 5.82 Å². The largest absolute Gasteiger partial charge is 0.338 e. The Bertz CT molecular complexity index is 1410. The van der Waals surface area contributed by atoms with Crippen LogP contribution in [0.2, 0.25) is 0 Å². The van der Waals surface area contributed by atoms with Gasteiger partial charge in [-0.3, -0.25) is 9.36 Å². The Morgan fingerprint density at radius 1 is 1.06 bits per heavy atom. The number of aromatic nitrogens is 4. The highest BCUT2D eigenvalue weighted by molar-refractivity contribution is 7.89. The van der Waals surface area contributed by atoms with Gasteiger partial charge in [0.2, 0.25) is 15.9 Å². The second-order valence-corrected chi connectivity index (χ2v) is 8.99. The zero-order valence-electron chi connectivity index (χ0n) is 17.2. The third kappa shape index (κ3) is 4.25. The first-order chi connectivity index (χ1) is 14.7. The lowest BCUT2D eigenvalue weighted by atomic mass is 10.2. The van der Waals surface area contributed by atoms with Crippen LogP contribution in [0.25, 0.3) is 10.9 Å². The Kier molecular flexibility index (Phi) is 5.42. The Morgan fingerprint density at radius 3 is 2.52 bits per heavy atom. The standard InChI is InChI=1S/C21H21N5O4S/c1-13-8-10-16(11-9-13)31(28,29)25-14(2)20-23-19(24-30-20)12-26-15(3)22-18-7-5-4-6-17(18)21(26)27/h4-11,14,25H,12H2,1-3H3/t14-/m0/s1. The number of rotatable bonds is 6. The predicted octanol–water partition coefficient (Wildman–Crippen LogP) is 2.48. The van der Waals surface area contributed by atoms with Crippen LogP contribution < -0.4 is 10.3 Å². The molecular formula is C21H21N5O4S. The van der Waals surface area contributed by atoms with Gasteiger partial charge in [0.05, 0.1) is 28.4 Å². The van der Waals surface area contributed by atoms with Gasteiger partial charge in [-0.1, -0.05) is 35.0 Å². The number of sulfonamides is 1. The molecule has 0 saturated heterocycles. The van der Waals surface area contributed by atoms with Crippen molar-refractivity contribution in [2.24, 2.45) is 0 Å². The normalized spacial score (nSPS) is 12.9. The number of hydrogen-bond acceptors (Lipinski definition) is 7. The maximum Gasteiger partial charge on any atom is 0.261 e. The first kappa shape index (κ1) is 20.9. The second-order valence-electron chi connectivity index (χ2n) is 7.27. The van der Waals surface area contributed by atoms with E-state index in [2.05, 4.69) is 19.8 Å². The van der Waals surface area contributed by atoms with E-state index in [1.165, 1.54) is 16.7 Å². The van der Waals surface area contributed by atoms with Gasteiger partial charge in [-0.05, 0) is 45.0 Å². The highest BCUT2D eigenvalue weighted by Crippen LogP contribution is 2.17. The fourth-order valence-corrected chi connectivity index (χ4v) is 4.38. The first-order valence-corrected chi connectivity index (χ1v) is 11.1. The molecule has 4 aromatic rings. The molecule has 1 N–H and O–H groups in total. The van der Waals surface area contributed by atoms with Crippen molar-refractivity contribution >= 4 is 20.9 Å². The summed E-state index contributed by atoms with van der Waals surface area (Å²) in [5.74, 6) is 0.868. The van der Waals surface area contributed by atoms with E-state index in [9.17, 15) is 13.2 Å². The van der Waals surface area contributed by atoms with Crippen LogP contribution in [0.5, 0.6) is 0 Å². The Labute approximate surface area is 178 Å². The summed E-state index contributed by atoms with van der Waals surface area (Å²) in [7, 11) is -3.75. The molecule has 0 aliphatic heterocycles. The lowest BCUT2D eigenvalue weighted by Crippen LogP contribution is -2.27. The predicted molar refractivity (Wildman–Crippen MR) is 114 cm³/mol. The Morgan fingerprint density at radius 2 is 1.77 bits per heavy atom. The lowest BCUT2D eigenvalue weighted by Gasteiger charge is -2.10. The summed E-state index contributed by atoms with van der Waals surface area (Å²) in [5.41, 5.74) is 1.37. The molecule has 0 fully saturated rings. The van der Waals surface area contributed by atoms with E-state index in [0.29, 0.717) is 16.7 Å². The van der Waals surface area contributed by atoms with Crippen LogP contribution in [0.4, 0.5) is 0 Å². The van der Waals surface area contributed by atoms with E-state index in [-0.39, 0.29) is 28.7 Å². The molecule has 1 atom stereocenters. The van der Waals surface area contributed by atoms with E-state index < -0.39 is 16.1 Å². The maximum atomic E-state index is 12.8. The first-order valence-electron chi connectivity index (χ1n) is 9.62. The molecule has 0 radical (unpaired) electrons. The van der Waals surface area contributed by atoms with E-state index in [0.717, 1.165) is 5.56 Å². The third-order valence-corrected chi connectivity index (χ3v) is 6.43. The molecule has 2 aromatic heterocycles. The van der Waals surface area contributed by atoms with Crippen LogP contribution in [-0.4, -0.2) is 28.1 Å². The minimum Gasteiger partial charge on any atom is -0.338 e. The highest BCUT2D eigenvalue weighted by Gasteiger charge is 2.23. The fraction of sp³-hybridized carbons (Fsp3) is 0.238. The quantitative estimate of drug-likeness (QED) is 0.490. The van der Waals surface area contributed by atoms with Crippen molar-refractivity contribution in [1.29, 1.82) is 0 Å². The average Bonchev–Trinajstić information content (AvgIpc) is 3.20. The molecule has 0 aliphatic rings. The van der Waals surface area contributed by atoms with Gasteiger partial charge in [-0.15, -0.1) is 0 Å². The topological polar surface area (TPSA) is 120 Å². The summed E-state index contributed by atoms with van der Waals surface area (Å²) >= 11 is 0. The molecule has 0 aliphatic carbocycles. The SMILES string of the molecule is Cc1ccc(S(=O)(=O)N[C@@H](C)c2nc(Cn3c(C)nc4ccccc4c3=O)no2)cc1. The molecule has 9 nitrogen and oxygen atoms in total. The van der Waals surface area contributed by atoms with Crippen LogP contribution in [0.1, 0.15) is 36.1 Å². The van der Waals surface area contributed by atoms with E-state index >= 15 is 0 Å². The van der Waals surface area contributed by atoms with Gasteiger partial charge in [-0.25, -0.2) is 13.4 Å². The average molecular weight is 439 g/mol. The van der Waals surface area contributed by atoms with Crippen molar-refractivity contribution in [3.8, 4) is 0 Å². The van der Waals surface area contributed by atoms with Crippen molar-refractivity contribution in [3.63, 3.8) is 0 Å². The maximum absolute atomic E-state index is 12.8. The van der Waals surface area contributed by atoms with Crippen molar-refractivity contribution in [2.75, 3.05) is 0 Å². The monoisotopic (exact) mass is 439 g/mol. The zero-order chi connectivity index (χ0) is 22.2. The number of nitrogens with zero attached hydrogens (tertiary/aromatic N) is 4. The van der Waals surface area contributed by atoms with Crippen LogP contribution in [0.3, 0.4) is 0 Å². The van der Waals surface area contributed by atoms with E-state index in [4.69, 9.17) is 4.52 Å². The summed E-state index contributed by atoms with van der Waals surface area (Å²) in [5, 5.41) is 4.40. The van der Waals surface area contributed by atoms with E-state index in [1.807, 2.05) is 13.0 Å². The number of hydrogen-bond donors (Lipinski definition) is 1. The molecule has 0 bridgehead atoms. The van der Waals surface area contributed by atoms with Gasteiger partial charge in [0, 0.05) is 0 Å². The molecule has 10 heteroatoms. The van der Waals surface area contributed by atoms with Crippen LogP contribution >= 0.6 is 0 Å². The van der Waals surface area contributed by atoms with Crippen molar-refractivity contribution < 1.29 is 12.9 Å². The van der Waals surface area contributed by atoms with Gasteiger partial charge >= 0.3 is 0 Å². The number of benzene rings is 2. The molecule has 0 unspecified atom stereocenters. The minimum absolute atomic E-state index is 0.0590. The van der Waals surface area contributed by atoms with Gasteiger partial charge in [-0.2, -0.15) is 9.71 Å². The van der Waals surface area contributed by atoms with Crippen molar-refractivity contribution in [3.05, 3.63) is 82.0 Å². The number of fused-ring (bicyclic) bond motifs is 1. The number of aryl methyl sites for hydroxylation is 2. The summed E-state index contributed by atoms with van der Waals surface area (Å²) in [4.78, 5) is 21.7. The van der Waals surface area contributed by atoms with E-state index in [1.54, 1.807) is 44.2 Å².